The Bertz CT molecular complexity index is 1400. The summed E-state index contributed by atoms with van der Waals surface area (Å²) < 4.78 is 29.1. The lowest BCUT2D eigenvalue weighted by molar-refractivity contribution is -0.113. The molecule has 0 atom stereocenters. The van der Waals surface area contributed by atoms with E-state index in [1.54, 1.807) is 40.9 Å². The van der Waals surface area contributed by atoms with Crippen LogP contribution in [0.5, 0.6) is 0 Å². The van der Waals surface area contributed by atoms with Crippen LogP contribution in [0.3, 0.4) is 0 Å². The van der Waals surface area contributed by atoms with E-state index in [-0.39, 0.29) is 23.1 Å². The number of amides is 1. The molecule has 11 nitrogen and oxygen atoms in total. The van der Waals surface area contributed by atoms with Crippen LogP contribution in [0.25, 0.3) is 5.65 Å². The number of fused-ring (bicyclic) bond motifs is 1. The van der Waals surface area contributed by atoms with Gasteiger partial charge in [-0.2, -0.15) is 9.61 Å². The summed E-state index contributed by atoms with van der Waals surface area (Å²) in [4.78, 5) is 12.4. The van der Waals surface area contributed by atoms with Crippen molar-refractivity contribution in [3.05, 3.63) is 52.8 Å². The number of nitrogens with zero attached hydrogens (tertiary/aromatic N) is 6. The number of hydrogen-bond acceptors (Lipinski definition) is 10. The molecule has 2 N–H and O–H groups in total. The molecular weight excluding hydrogens is 496 g/mol. The molecule has 0 bridgehead atoms. The van der Waals surface area contributed by atoms with Gasteiger partial charge in [0.2, 0.25) is 21.1 Å². The molecule has 0 unspecified atom stereocenters. The molecule has 178 valence electrons. The average molecular weight is 519 g/mol. The third-order valence-corrected chi connectivity index (χ3v) is 8.02. The molecule has 0 aliphatic carbocycles. The van der Waals surface area contributed by atoms with Crippen LogP contribution in [0.2, 0.25) is 0 Å². The van der Waals surface area contributed by atoms with Gasteiger partial charge in [-0.25, -0.2) is 13.1 Å². The van der Waals surface area contributed by atoms with Crippen molar-refractivity contribution in [2.24, 2.45) is 0 Å². The lowest BCUT2D eigenvalue weighted by Gasteiger charge is -2.07. The van der Waals surface area contributed by atoms with Gasteiger partial charge in [0.25, 0.3) is 0 Å². The summed E-state index contributed by atoms with van der Waals surface area (Å²) in [6, 6.07) is 10.1. The van der Waals surface area contributed by atoms with Crippen LogP contribution >= 0.6 is 23.1 Å². The number of aromatic nitrogens is 6. The molecule has 0 aliphatic rings. The number of benzene rings is 1. The Balaban J connectivity index is 1.35. The summed E-state index contributed by atoms with van der Waals surface area (Å²) in [5.41, 5.74) is 1.52. The summed E-state index contributed by atoms with van der Waals surface area (Å²) in [5.74, 6) is 0.447. The highest BCUT2D eigenvalue weighted by atomic mass is 32.2. The second-order valence-corrected chi connectivity index (χ2v) is 11.0. The summed E-state index contributed by atoms with van der Waals surface area (Å²) in [6.07, 6.45) is 1.06. The summed E-state index contributed by atoms with van der Waals surface area (Å²) >= 11 is 2.61. The van der Waals surface area contributed by atoms with Crippen molar-refractivity contribution in [1.82, 2.24) is 34.7 Å². The predicted molar refractivity (Wildman–Crippen MR) is 129 cm³/mol. The molecule has 4 rings (SSSR count). The van der Waals surface area contributed by atoms with Crippen molar-refractivity contribution in [2.75, 3.05) is 17.6 Å². The Morgan fingerprint density at radius 3 is 2.62 bits per heavy atom. The van der Waals surface area contributed by atoms with Gasteiger partial charge in [-0.1, -0.05) is 47.7 Å². The SMILES string of the molecule is CCc1nnc(NC(=O)CSc2ccc3nnc(CCNS(=O)(=O)c4ccc(C)cc4)n3n2)s1. The molecule has 4 aromatic rings. The molecule has 0 aliphatic heterocycles. The van der Waals surface area contributed by atoms with Crippen LogP contribution in [0.1, 0.15) is 23.3 Å². The molecule has 0 saturated heterocycles. The summed E-state index contributed by atoms with van der Waals surface area (Å²) in [6.45, 7) is 4.01. The Kier molecular flexibility index (Phi) is 7.50. The van der Waals surface area contributed by atoms with E-state index in [0.29, 0.717) is 28.0 Å². The fourth-order valence-electron chi connectivity index (χ4n) is 2.89. The van der Waals surface area contributed by atoms with E-state index in [9.17, 15) is 13.2 Å². The molecule has 34 heavy (non-hydrogen) atoms. The molecule has 3 heterocycles. The second-order valence-electron chi connectivity index (χ2n) is 7.21. The highest BCUT2D eigenvalue weighted by Crippen LogP contribution is 2.19. The van der Waals surface area contributed by atoms with Gasteiger partial charge in [0, 0.05) is 13.0 Å². The minimum absolute atomic E-state index is 0.139. The van der Waals surface area contributed by atoms with Crippen molar-refractivity contribution in [3.8, 4) is 0 Å². The minimum atomic E-state index is -3.62. The van der Waals surface area contributed by atoms with Gasteiger partial charge >= 0.3 is 0 Å². The maximum absolute atomic E-state index is 12.5. The molecule has 0 saturated carbocycles. The number of nitrogens with one attached hydrogen (secondary N) is 2. The lowest BCUT2D eigenvalue weighted by Crippen LogP contribution is -2.26. The van der Waals surface area contributed by atoms with Crippen LogP contribution in [0, 0.1) is 6.92 Å². The largest absolute Gasteiger partial charge is 0.300 e. The third kappa shape index (κ3) is 5.94. The first kappa shape index (κ1) is 24.2. The molecule has 1 aromatic carbocycles. The number of sulfonamides is 1. The number of anilines is 1. The molecule has 1 amide bonds. The monoisotopic (exact) mass is 518 g/mol. The summed E-state index contributed by atoms with van der Waals surface area (Å²) in [5, 5.41) is 25.3. The summed E-state index contributed by atoms with van der Waals surface area (Å²) in [7, 11) is -3.62. The maximum Gasteiger partial charge on any atom is 0.240 e. The smallest absolute Gasteiger partial charge is 0.240 e. The van der Waals surface area contributed by atoms with Gasteiger partial charge in [-0.15, -0.1) is 20.4 Å². The second kappa shape index (κ2) is 10.5. The molecular formula is C20H22N8O3S3. The highest BCUT2D eigenvalue weighted by Gasteiger charge is 2.15. The third-order valence-electron chi connectivity index (χ3n) is 4.64. The van der Waals surface area contributed by atoms with Crippen LogP contribution in [0.4, 0.5) is 5.13 Å². The predicted octanol–water partition coefficient (Wildman–Crippen LogP) is 2.10. The molecule has 14 heteroatoms. The Morgan fingerprint density at radius 2 is 1.88 bits per heavy atom. The Labute approximate surface area is 204 Å². The van der Waals surface area contributed by atoms with Gasteiger partial charge in [0.1, 0.15) is 10.0 Å². The molecule has 0 fully saturated rings. The number of rotatable bonds is 10. The normalized spacial score (nSPS) is 11.7. The van der Waals surface area contributed by atoms with E-state index in [1.165, 1.54) is 23.1 Å². The standard InChI is InChI=1S/C20H22N8O3S3/c1-3-18-25-26-20(33-18)22-17(29)12-32-19-9-8-15-23-24-16(28(15)27-19)10-11-21-34(30,31)14-6-4-13(2)5-7-14/h4-9,21H,3,10-12H2,1-2H3,(H,22,26,29). The van der Waals surface area contributed by atoms with Crippen molar-refractivity contribution < 1.29 is 13.2 Å². The molecule has 0 radical (unpaired) electrons. The van der Waals surface area contributed by atoms with Gasteiger partial charge in [-0.3, -0.25) is 10.1 Å². The maximum atomic E-state index is 12.5. The van der Waals surface area contributed by atoms with Crippen molar-refractivity contribution in [2.45, 2.75) is 36.6 Å². The zero-order chi connectivity index (χ0) is 24.1. The first-order valence-corrected chi connectivity index (χ1v) is 13.7. The van der Waals surface area contributed by atoms with Crippen LogP contribution in [-0.4, -0.2) is 56.6 Å². The van der Waals surface area contributed by atoms with Crippen LogP contribution < -0.4 is 10.0 Å². The van der Waals surface area contributed by atoms with Gasteiger partial charge in [0.15, 0.2) is 11.5 Å². The van der Waals surface area contributed by atoms with Crippen LogP contribution in [-0.2, 0) is 27.7 Å². The van der Waals surface area contributed by atoms with Crippen molar-refractivity contribution in [3.63, 3.8) is 0 Å². The van der Waals surface area contributed by atoms with E-state index in [1.807, 2.05) is 13.8 Å². The van der Waals surface area contributed by atoms with Gasteiger partial charge in [-0.05, 0) is 37.6 Å². The fraction of sp³-hybridized carbons (Fsp3) is 0.300. The number of aryl methyl sites for hydroxylation is 2. The zero-order valence-corrected chi connectivity index (χ0v) is 20.9. The number of carbonyl (C=O) groups is 1. The van der Waals surface area contributed by atoms with Crippen molar-refractivity contribution in [1.29, 1.82) is 0 Å². The first-order chi connectivity index (χ1) is 16.3. The number of thioether (sulfide) groups is 1. The van der Waals surface area contributed by atoms with Gasteiger partial charge < -0.3 is 0 Å². The molecule has 0 spiro atoms. The van der Waals surface area contributed by atoms with E-state index in [0.717, 1.165) is 17.0 Å². The Morgan fingerprint density at radius 1 is 1.09 bits per heavy atom. The van der Waals surface area contributed by atoms with Crippen LogP contribution in [0.15, 0.2) is 46.3 Å². The minimum Gasteiger partial charge on any atom is -0.300 e. The molecule has 3 aromatic heterocycles. The fourth-order valence-corrected chi connectivity index (χ4v) is 5.27. The number of carbonyl (C=O) groups excluding carboxylic acids is 1. The van der Waals surface area contributed by atoms with E-state index in [2.05, 4.69) is 35.5 Å². The zero-order valence-electron chi connectivity index (χ0n) is 18.4. The number of hydrogen-bond donors (Lipinski definition) is 2. The quantitative estimate of drug-likeness (QED) is 0.302. The lowest BCUT2D eigenvalue weighted by atomic mass is 10.2. The Hall–Kier alpha value is -2.94. The average Bonchev–Trinajstić information content (AvgIpc) is 3.44. The van der Waals surface area contributed by atoms with E-state index < -0.39 is 10.0 Å². The highest BCUT2D eigenvalue weighted by molar-refractivity contribution is 7.99. The van der Waals surface area contributed by atoms with Gasteiger partial charge in [0.05, 0.1) is 10.6 Å². The van der Waals surface area contributed by atoms with Crippen molar-refractivity contribution >= 4 is 49.8 Å². The van der Waals surface area contributed by atoms with E-state index in [4.69, 9.17) is 0 Å². The topological polar surface area (TPSA) is 144 Å². The first-order valence-electron chi connectivity index (χ1n) is 10.4. The van der Waals surface area contributed by atoms with E-state index >= 15 is 0 Å².